The molecule has 1 fully saturated rings. The van der Waals surface area contributed by atoms with Gasteiger partial charge in [0.15, 0.2) is 5.56 Å². The van der Waals surface area contributed by atoms with Crippen molar-refractivity contribution in [2.75, 3.05) is 7.11 Å². The van der Waals surface area contributed by atoms with Crippen LogP contribution < -0.4 is 9.84 Å². The molecule has 1 aromatic heterocycles. The monoisotopic (exact) mass is 501 g/mol. The number of alkyl halides is 3. The summed E-state index contributed by atoms with van der Waals surface area (Å²) in [6.45, 7) is 0.0511. The summed E-state index contributed by atoms with van der Waals surface area (Å²) in [5.41, 5.74) is -0.659. The Balaban J connectivity index is 1.90. The SMILES string of the molecule is CO/C=C(/C(=O)[O-])c1ccccc1COc1nn(CC2CCCC2)c(Br)c1C(F)(F)F. The number of methoxy groups -OCH3 is 1. The van der Waals surface area contributed by atoms with Crippen LogP contribution in [0.1, 0.15) is 42.4 Å². The van der Waals surface area contributed by atoms with E-state index < -0.39 is 23.6 Å². The molecule has 3 rings (SSSR count). The number of aromatic nitrogens is 2. The van der Waals surface area contributed by atoms with Gasteiger partial charge in [0.05, 0.1) is 19.3 Å². The van der Waals surface area contributed by atoms with E-state index in [-0.39, 0.29) is 28.3 Å². The summed E-state index contributed by atoms with van der Waals surface area (Å²) in [5, 5.41) is 15.5. The highest BCUT2D eigenvalue weighted by Crippen LogP contribution is 2.42. The molecule has 0 radical (unpaired) electrons. The molecule has 0 saturated heterocycles. The standard InChI is InChI=1S/C21H22BrF3N2O4/c1-30-12-16(20(28)29)15-9-5-4-8-14(15)11-31-19-17(21(23,24)25)18(22)27(26-19)10-13-6-2-3-7-13/h4-5,8-9,12-13H,2-3,6-7,10-11H2,1H3,(H,28,29)/p-1/b16-12+. The quantitative estimate of drug-likeness (QED) is 0.400. The van der Waals surface area contributed by atoms with Crippen molar-refractivity contribution in [3.05, 3.63) is 51.8 Å². The zero-order chi connectivity index (χ0) is 22.6. The van der Waals surface area contributed by atoms with Gasteiger partial charge in [-0.25, -0.2) is 0 Å². The van der Waals surface area contributed by atoms with Crippen molar-refractivity contribution in [1.29, 1.82) is 0 Å². The molecule has 0 atom stereocenters. The Labute approximate surface area is 185 Å². The van der Waals surface area contributed by atoms with Gasteiger partial charge in [-0.15, -0.1) is 5.10 Å². The maximum Gasteiger partial charge on any atom is 0.424 e. The molecule has 1 aliphatic rings. The molecule has 1 heterocycles. The molecule has 0 spiro atoms. The van der Waals surface area contributed by atoms with Crippen LogP contribution >= 0.6 is 15.9 Å². The highest BCUT2D eigenvalue weighted by molar-refractivity contribution is 9.10. The number of hydrogen-bond donors (Lipinski definition) is 0. The van der Waals surface area contributed by atoms with Crippen molar-refractivity contribution < 1.29 is 32.5 Å². The van der Waals surface area contributed by atoms with Crippen molar-refractivity contribution in [1.82, 2.24) is 9.78 Å². The summed E-state index contributed by atoms with van der Waals surface area (Å²) in [6.07, 6.45) is 0.358. The molecule has 2 aromatic rings. The van der Waals surface area contributed by atoms with Crippen LogP contribution in [0, 0.1) is 5.92 Å². The molecule has 31 heavy (non-hydrogen) atoms. The van der Waals surface area contributed by atoms with Crippen molar-refractivity contribution >= 4 is 27.5 Å². The number of rotatable bonds is 8. The summed E-state index contributed by atoms with van der Waals surface area (Å²) in [4.78, 5) is 11.4. The average molecular weight is 502 g/mol. The number of halogens is 4. The van der Waals surface area contributed by atoms with Gasteiger partial charge in [0.1, 0.15) is 11.2 Å². The largest absolute Gasteiger partial charge is 0.545 e. The number of aliphatic carboxylic acids is 1. The van der Waals surface area contributed by atoms with E-state index in [2.05, 4.69) is 21.0 Å². The van der Waals surface area contributed by atoms with E-state index in [0.717, 1.165) is 31.9 Å². The summed E-state index contributed by atoms with van der Waals surface area (Å²) < 4.78 is 52.5. The number of benzene rings is 1. The van der Waals surface area contributed by atoms with Crippen molar-refractivity contribution in [3.63, 3.8) is 0 Å². The van der Waals surface area contributed by atoms with Gasteiger partial charge in [-0.3, -0.25) is 4.68 Å². The minimum Gasteiger partial charge on any atom is -0.545 e. The minimum absolute atomic E-state index is 0.176. The second-order valence-electron chi connectivity index (χ2n) is 7.30. The number of nitrogens with zero attached hydrogens (tertiary/aromatic N) is 2. The maximum atomic E-state index is 13.7. The predicted molar refractivity (Wildman–Crippen MR) is 108 cm³/mol. The van der Waals surface area contributed by atoms with E-state index in [1.807, 2.05) is 0 Å². The van der Waals surface area contributed by atoms with Gasteiger partial charge in [-0.05, 0) is 45.8 Å². The third-order valence-electron chi connectivity index (χ3n) is 5.18. The van der Waals surface area contributed by atoms with Gasteiger partial charge in [-0.1, -0.05) is 37.1 Å². The number of hydrogen-bond acceptors (Lipinski definition) is 5. The second-order valence-corrected chi connectivity index (χ2v) is 8.05. The van der Waals surface area contributed by atoms with Crippen LogP contribution in [0.4, 0.5) is 13.2 Å². The van der Waals surface area contributed by atoms with Crippen LogP contribution in [0.5, 0.6) is 5.88 Å². The Morgan fingerprint density at radius 3 is 2.61 bits per heavy atom. The molecule has 0 unspecified atom stereocenters. The molecule has 0 amide bonds. The first-order valence-corrected chi connectivity index (χ1v) is 10.5. The van der Waals surface area contributed by atoms with Gasteiger partial charge in [0.25, 0.3) is 0 Å². The van der Waals surface area contributed by atoms with Gasteiger partial charge < -0.3 is 19.4 Å². The summed E-state index contributed by atoms with van der Waals surface area (Å²) >= 11 is 3.04. The number of carbonyl (C=O) groups excluding carboxylic acids is 1. The topological polar surface area (TPSA) is 76.4 Å². The fourth-order valence-electron chi connectivity index (χ4n) is 3.71. The van der Waals surface area contributed by atoms with E-state index in [1.165, 1.54) is 17.9 Å². The Morgan fingerprint density at radius 1 is 1.32 bits per heavy atom. The van der Waals surface area contributed by atoms with Crippen molar-refractivity contribution in [3.8, 4) is 5.88 Å². The average Bonchev–Trinajstić information content (AvgIpc) is 3.32. The highest BCUT2D eigenvalue weighted by atomic mass is 79.9. The normalized spacial score (nSPS) is 15.3. The first-order chi connectivity index (χ1) is 14.7. The van der Waals surface area contributed by atoms with Crippen LogP contribution in [0.2, 0.25) is 0 Å². The lowest BCUT2D eigenvalue weighted by Crippen LogP contribution is -2.24. The molecular weight excluding hydrogens is 481 g/mol. The van der Waals surface area contributed by atoms with Crippen LogP contribution in [0.15, 0.2) is 35.1 Å². The van der Waals surface area contributed by atoms with Gasteiger partial charge in [0, 0.05) is 12.1 Å². The van der Waals surface area contributed by atoms with Crippen LogP contribution in [0.3, 0.4) is 0 Å². The summed E-state index contributed by atoms with van der Waals surface area (Å²) in [5.74, 6) is -1.76. The second kappa shape index (κ2) is 9.76. The molecule has 0 N–H and O–H groups in total. The smallest absolute Gasteiger partial charge is 0.424 e. The molecule has 168 valence electrons. The molecule has 0 aliphatic heterocycles. The molecule has 0 bridgehead atoms. The summed E-state index contributed by atoms with van der Waals surface area (Å²) in [6, 6.07) is 6.28. The predicted octanol–water partition coefficient (Wildman–Crippen LogP) is 4.17. The molecule has 1 aromatic carbocycles. The molecule has 10 heteroatoms. The lowest BCUT2D eigenvalue weighted by molar-refractivity contribution is -0.295. The van der Waals surface area contributed by atoms with Gasteiger partial charge in [-0.2, -0.15) is 13.2 Å². The number of carboxylic acids is 1. The third kappa shape index (κ3) is 5.41. The van der Waals surface area contributed by atoms with Crippen LogP contribution in [-0.4, -0.2) is 22.9 Å². The van der Waals surface area contributed by atoms with E-state index in [4.69, 9.17) is 9.47 Å². The van der Waals surface area contributed by atoms with Crippen LogP contribution in [0.25, 0.3) is 5.57 Å². The fraction of sp³-hybridized carbons (Fsp3) is 0.429. The number of carbonyl (C=O) groups is 1. The van der Waals surface area contributed by atoms with Gasteiger partial charge >= 0.3 is 6.18 Å². The fourth-order valence-corrected chi connectivity index (χ4v) is 4.33. The van der Waals surface area contributed by atoms with Crippen LogP contribution in [-0.2, 0) is 28.9 Å². The van der Waals surface area contributed by atoms with Crippen molar-refractivity contribution in [2.45, 2.75) is 45.0 Å². The Bertz CT molecular complexity index is 966. The zero-order valence-electron chi connectivity index (χ0n) is 16.7. The number of ether oxygens (including phenoxy) is 2. The maximum absolute atomic E-state index is 13.7. The first-order valence-electron chi connectivity index (χ1n) is 9.71. The molecular formula is C21H21BrF3N2O4-. The van der Waals surface area contributed by atoms with E-state index >= 15 is 0 Å². The third-order valence-corrected chi connectivity index (χ3v) is 5.98. The zero-order valence-corrected chi connectivity index (χ0v) is 18.3. The number of carboxylic acid groups (broad SMARTS) is 1. The Morgan fingerprint density at radius 2 is 2.00 bits per heavy atom. The lowest BCUT2D eigenvalue weighted by Gasteiger charge is -2.14. The lowest BCUT2D eigenvalue weighted by atomic mass is 10.0. The highest BCUT2D eigenvalue weighted by Gasteiger charge is 2.41. The molecule has 1 aliphatic carbocycles. The Kier molecular flexibility index (Phi) is 7.30. The molecule has 6 nitrogen and oxygen atoms in total. The Hall–Kier alpha value is -2.49. The summed E-state index contributed by atoms with van der Waals surface area (Å²) in [7, 11) is 1.28. The molecule has 1 saturated carbocycles. The van der Waals surface area contributed by atoms with Crippen molar-refractivity contribution in [2.24, 2.45) is 5.92 Å². The van der Waals surface area contributed by atoms with E-state index in [9.17, 15) is 23.1 Å². The van der Waals surface area contributed by atoms with E-state index in [0.29, 0.717) is 12.1 Å². The van der Waals surface area contributed by atoms with Gasteiger partial charge in [0.2, 0.25) is 5.88 Å². The van der Waals surface area contributed by atoms with E-state index in [1.54, 1.807) is 18.2 Å². The minimum atomic E-state index is -4.67. The first kappa shape index (κ1) is 23.2.